The van der Waals surface area contributed by atoms with Crippen LogP contribution in [0.5, 0.6) is 0 Å². The van der Waals surface area contributed by atoms with Gasteiger partial charge in [-0.1, -0.05) is 80.8 Å². The Morgan fingerprint density at radius 3 is 2.12 bits per heavy atom. The molecule has 1 saturated carbocycles. The summed E-state index contributed by atoms with van der Waals surface area (Å²) >= 11 is 0. The van der Waals surface area contributed by atoms with E-state index in [1.807, 2.05) is 6.92 Å². The Labute approximate surface area is 193 Å². The average Bonchev–Trinajstić information content (AvgIpc) is 3.32. The fraction of sp³-hybridized carbons (Fsp3) is 0.500. The van der Waals surface area contributed by atoms with E-state index < -0.39 is 6.04 Å². The molecule has 0 bridgehead atoms. The van der Waals surface area contributed by atoms with Crippen LogP contribution in [0.25, 0.3) is 0 Å². The van der Waals surface area contributed by atoms with E-state index in [0.29, 0.717) is 25.8 Å². The number of amides is 2. The minimum absolute atomic E-state index is 0.00726. The zero-order valence-electron chi connectivity index (χ0n) is 19.9. The van der Waals surface area contributed by atoms with Crippen LogP contribution in [0.4, 0.5) is 0 Å². The molecule has 4 nitrogen and oxygen atoms in total. The number of benzene rings is 2. The van der Waals surface area contributed by atoms with Gasteiger partial charge in [0, 0.05) is 19.0 Å². The second kappa shape index (κ2) is 11.8. The van der Waals surface area contributed by atoms with Crippen LogP contribution in [0.3, 0.4) is 0 Å². The molecule has 2 aromatic rings. The van der Waals surface area contributed by atoms with Crippen molar-refractivity contribution in [2.75, 3.05) is 0 Å². The summed E-state index contributed by atoms with van der Waals surface area (Å²) in [4.78, 5) is 28.4. The molecular weight excluding hydrogens is 396 g/mol. The molecule has 0 unspecified atom stereocenters. The molecule has 0 saturated heterocycles. The van der Waals surface area contributed by atoms with Crippen LogP contribution in [0.15, 0.2) is 48.5 Å². The molecule has 0 spiro atoms. The van der Waals surface area contributed by atoms with E-state index in [2.05, 4.69) is 67.7 Å². The van der Waals surface area contributed by atoms with Crippen molar-refractivity contribution >= 4 is 11.8 Å². The Kier molecular flexibility index (Phi) is 8.90. The molecule has 1 fully saturated rings. The first kappa shape index (κ1) is 24.0. The number of aryl methyl sites for hydroxylation is 3. The predicted molar refractivity (Wildman–Crippen MR) is 130 cm³/mol. The standard InChI is InChI=1S/C28H38N2O2/c1-4-22-14-16-23(17-15-22)18-19-27(31)30(20-24-12-10-21(3)11-13-24)26(5-2)28(32)29-25-8-6-7-9-25/h10-17,25-26H,4-9,18-20H2,1-3H3,(H,29,32)/t26-/m1/s1. The minimum Gasteiger partial charge on any atom is -0.352 e. The van der Waals surface area contributed by atoms with Crippen molar-refractivity contribution < 1.29 is 9.59 Å². The maximum Gasteiger partial charge on any atom is 0.243 e. The Bertz CT molecular complexity index is 867. The summed E-state index contributed by atoms with van der Waals surface area (Å²) in [6, 6.07) is 16.5. The summed E-state index contributed by atoms with van der Waals surface area (Å²) in [5.74, 6) is 0.0331. The van der Waals surface area contributed by atoms with Crippen LogP contribution in [0.1, 0.15) is 74.6 Å². The molecule has 1 N–H and O–H groups in total. The molecule has 0 heterocycles. The van der Waals surface area contributed by atoms with E-state index in [9.17, 15) is 9.59 Å². The molecule has 1 atom stereocenters. The van der Waals surface area contributed by atoms with E-state index in [0.717, 1.165) is 30.4 Å². The van der Waals surface area contributed by atoms with Crippen molar-refractivity contribution in [3.8, 4) is 0 Å². The Hall–Kier alpha value is -2.62. The van der Waals surface area contributed by atoms with E-state index in [1.54, 1.807) is 4.90 Å². The number of rotatable bonds is 10. The summed E-state index contributed by atoms with van der Waals surface area (Å²) in [5, 5.41) is 3.21. The van der Waals surface area contributed by atoms with Crippen LogP contribution in [0.2, 0.25) is 0 Å². The highest BCUT2D eigenvalue weighted by molar-refractivity contribution is 5.88. The highest BCUT2D eigenvalue weighted by atomic mass is 16.2. The Balaban J connectivity index is 1.73. The molecule has 1 aliphatic carbocycles. The zero-order valence-corrected chi connectivity index (χ0v) is 19.9. The molecule has 0 aliphatic heterocycles. The predicted octanol–water partition coefficient (Wildman–Crippen LogP) is 5.36. The third kappa shape index (κ3) is 6.69. The number of carbonyl (C=O) groups excluding carboxylic acids is 2. The van der Waals surface area contributed by atoms with Crippen LogP contribution in [-0.4, -0.2) is 28.8 Å². The first-order chi connectivity index (χ1) is 15.5. The maximum atomic E-state index is 13.4. The first-order valence-corrected chi connectivity index (χ1v) is 12.2. The van der Waals surface area contributed by atoms with E-state index >= 15 is 0 Å². The van der Waals surface area contributed by atoms with Crippen LogP contribution in [-0.2, 0) is 29.0 Å². The monoisotopic (exact) mass is 434 g/mol. The normalized spacial score (nSPS) is 14.8. The molecule has 4 heteroatoms. The van der Waals surface area contributed by atoms with Gasteiger partial charge in [-0.25, -0.2) is 0 Å². The average molecular weight is 435 g/mol. The van der Waals surface area contributed by atoms with Crippen LogP contribution < -0.4 is 5.32 Å². The van der Waals surface area contributed by atoms with Crippen molar-refractivity contribution in [1.82, 2.24) is 10.2 Å². The summed E-state index contributed by atoms with van der Waals surface area (Å²) in [5.41, 5.74) is 4.71. The van der Waals surface area contributed by atoms with Crippen molar-refractivity contribution in [2.24, 2.45) is 0 Å². The van der Waals surface area contributed by atoms with Crippen molar-refractivity contribution in [2.45, 2.75) is 90.8 Å². The van der Waals surface area contributed by atoms with Crippen LogP contribution in [0, 0.1) is 6.92 Å². The number of carbonyl (C=O) groups is 2. The SMILES string of the molecule is CCc1ccc(CCC(=O)N(Cc2ccc(C)cc2)[C@H](CC)C(=O)NC2CCCC2)cc1. The fourth-order valence-corrected chi connectivity index (χ4v) is 4.51. The zero-order chi connectivity index (χ0) is 22.9. The summed E-state index contributed by atoms with van der Waals surface area (Å²) in [7, 11) is 0. The lowest BCUT2D eigenvalue weighted by atomic mass is 10.0. The lowest BCUT2D eigenvalue weighted by Gasteiger charge is -2.31. The van der Waals surface area contributed by atoms with Gasteiger partial charge in [0.1, 0.15) is 6.04 Å². The van der Waals surface area contributed by atoms with E-state index in [1.165, 1.54) is 24.0 Å². The first-order valence-electron chi connectivity index (χ1n) is 12.2. The summed E-state index contributed by atoms with van der Waals surface area (Å²) in [6.45, 7) is 6.66. The van der Waals surface area contributed by atoms with Gasteiger partial charge in [-0.2, -0.15) is 0 Å². The third-order valence-electron chi connectivity index (χ3n) is 6.62. The quantitative estimate of drug-likeness (QED) is 0.547. The number of nitrogens with one attached hydrogen (secondary N) is 1. The Morgan fingerprint density at radius 1 is 0.938 bits per heavy atom. The topological polar surface area (TPSA) is 49.4 Å². The molecule has 0 radical (unpaired) electrons. The molecule has 32 heavy (non-hydrogen) atoms. The molecular formula is C28H38N2O2. The number of nitrogens with zero attached hydrogens (tertiary/aromatic N) is 1. The second-order valence-corrected chi connectivity index (χ2v) is 9.09. The minimum atomic E-state index is -0.438. The molecule has 3 rings (SSSR count). The maximum absolute atomic E-state index is 13.4. The van der Waals surface area contributed by atoms with E-state index in [-0.39, 0.29) is 17.9 Å². The van der Waals surface area contributed by atoms with Gasteiger partial charge < -0.3 is 10.2 Å². The molecule has 2 aromatic carbocycles. The molecule has 1 aliphatic rings. The van der Waals surface area contributed by atoms with Gasteiger partial charge in [-0.15, -0.1) is 0 Å². The smallest absolute Gasteiger partial charge is 0.243 e. The van der Waals surface area contributed by atoms with Gasteiger partial charge in [0.05, 0.1) is 0 Å². The van der Waals surface area contributed by atoms with Crippen molar-refractivity contribution in [1.29, 1.82) is 0 Å². The van der Waals surface area contributed by atoms with Gasteiger partial charge >= 0.3 is 0 Å². The highest BCUT2D eigenvalue weighted by Crippen LogP contribution is 2.20. The van der Waals surface area contributed by atoms with E-state index in [4.69, 9.17) is 0 Å². The number of hydrogen-bond acceptors (Lipinski definition) is 2. The summed E-state index contributed by atoms with van der Waals surface area (Å²) < 4.78 is 0. The lowest BCUT2D eigenvalue weighted by molar-refractivity contribution is -0.141. The number of hydrogen-bond donors (Lipinski definition) is 1. The highest BCUT2D eigenvalue weighted by Gasteiger charge is 2.30. The van der Waals surface area contributed by atoms with Gasteiger partial charge in [-0.05, 0) is 55.7 Å². The second-order valence-electron chi connectivity index (χ2n) is 9.09. The third-order valence-corrected chi connectivity index (χ3v) is 6.62. The molecule has 2 amide bonds. The van der Waals surface area contributed by atoms with Gasteiger partial charge in [0.15, 0.2) is 0 Å². The summed E-state index contributed by atoms with van der Waals surface area (Å²) in [6.07, 6.45) is 7.15. The van der Waals surface area contributed by atoms with Gasteiger partial charge in [-0.3, -0.25) is 9.59 Å². The largest absolute Gasteiger partial charge is 0.352 e. The van der Waals surface area contributed by atoms with Crippen LogP contribution >= 0.6 is 0 Å². The molecule has 172 valence electrons. The fourth-order valence-electron chi connectivity index (χ4n) is 4.51. The lowest BCUT2D eigenvalue weighted by Crippen LogP contribution is -2.51. The van der Waals surface area contributed by atoms with Gasteiger partial charge in [0.2, 0.25) is 11.8 Å². The van der Waals surface area contributed by atoms with Crippen molar-refractivity contribution in [3.05, 3.63) is 70.8 Å². The Morgan fingerprint density at radius 2 is 1.53 bits per heavy atom. The van der Waals surface area contributed by atoms with Crippen molar-refractivity contribution in [3.63, 3.8) is 0 Å². The van der Waals surface area contributed by atoms with Gasteiger partial charge in [0.25, 0.3) is 0 Å². The molecule has 0 aromatic heterocycles.